The highest BCUT2D eigenvalue weighted by Crippen LogP contribution is 2.27. The van der Waals surface area contributed by atoms with Gasteiger partial charge in [-0.05, 0) is 26.2 Å². The summed E-state index contributed by atoms with van der Waals surface area (Å²) in [5.74, 6) is 0.133. The van der Waals surface area contributed by atoms with Crippen molar-refractivity contribution in [2.45, 2.75) is 70.9 Å². The van der Waals surface area contributed by atoms with E-state index in [4.69, 9.17) is 0 Å². The largest absolute Gasteiger partial charge is 0.350 e. The van der Waals surface area contributed by atoms with Crippen LogP contribution in [0.1, 0.15) is 62.8 Å². The van der Waals surface area contributed by atoms with E-state index >= 15 is 0 Å². The summed E-state index contributed by atoms with van der Waals surface area (Å²) >= 11 is 0. The van der Waals surface area contributed by atoms with Gasteiger partial charge in [0.2, 0.25) is 11.8 Å². The molecule has 0 bridgehead atoms. The van der Waals surface area contributed by atoms with Crippen molar-refractivity contribution in [1.29, 1.82) is 0 Å². The van der Waals surface area contributed by atoms with E-state index in [2.05, 4.69) is 15.3 Å². The van der Waals surface area contributed by atoms with Gasteiger partial charge in [0.1, 0.15) is 0 Å². The van der Waals surface area contributed by atoms with Gasteiger partial charge >= 0.3 is 0 Å². The molecule has 1 aliphatic carbocycles. The zero-order chi connectivity index (χ0) is 17.6. The standard InChI is InChI=1S/C19H28N4O2/c1-14-10-21-16(11-20-14)12-22-19(25)15-8-9-18(24)23(13-15)17-6-4-2-3-5-7-17/h10-11,15,17H,2-9,12-13H2,1H3,(H,22,25)/t15-/m0/s1. The monoisotopic (exact) mass is 344 g/mol. The fourth-order valence-corrected chi connectivity index (χ4v) is 3.84. The molecule has 3 rings (SSSR count). The molecule has 136 valence electrons. The van der Waals surface area contributed by atoms with E-state index in [1.165, 1.54) is 25.7 Å². The molecule has 0 aromatic carbocycles. The van der Waals surface area contributed by atoms with Gasteiger partial charge < -0.3 is 10.2 Å². The predicted molar refractivity (Wildman–Crippen MR) is 94.5 cm³/mol. The SMILES string of the molecule is Cc1cnc(CNC(=O)[C@H]2CCC(=O)N(C3CCCCCC3)C2)cn1. The quantitative estimate of drug-likeness (QED) is 0.851. The average molecular weight is 344 g/mol. The highest BCUT2D eigenvalue weighted by Gasteiger charge is 2.34. The lowest BCUT2D eigenvalue weighted by Gasteiger charge is -2.37. The van der Waals surface area contributed by atoms with Crippen LogP contribution < -0.4 is 5.32 Å². The van der Waals surface area contributed by atoms with E-state index in [-0.39, 0.29) is 17.7 Å². The minimum absolute atomic E-state index is 0.0218. The van der Waals surface area contributed by atoms with Crippen LogP contribution in [-0.4, -0.2) is 39.3 Å². The molecule has 0 radical (unpaired) electrons. The van der Waals surface area contributed by atoms with Gasteiger partial charge in [0, 0.05) is 25.2 Å². The molecule has 2 aliphatic rings. The van der Waals surface area contributed by atoms with E-state index in [0.29, 0.717) is 32.0 Å². The van der Waals surface area contributed by atoms with Crippen molar-refractivity contribution in [1.82, 2.24) is 20.2 Å². The number of likely N-dealkylation sites (tertiary alicyclic amines) is 1. The average Bonchev–Trinajstić information content (AvgIpc) is 2.91. The Morgan fingerprint density at radius 1 is 1.16 bits per heavy atom. The van der Waals surface area contributed by atoms with Crippen molar-refractivity contribution in [3.8, 4) is 0 Å². The van der Waals surface area contributed by atoms with Crippen LogP contribution in [0.2, 0.25) is 0 Å². The Morgan fingerprint density at radius 2 is 1.92 bits per heavy atom. The molecule has 1 atom stereocenters. The number of carbonyl (C=O) groups is 2. The minimum atomic E-state index is -0.112. The Labute approximate surface area is 149 Å². The number of carbonyl (C=O) groups excluding carboxylic acids is 2. The van der Waals surface area contributed by atoms with E-state index < -0.39 is 0 Å². The Hall–Kier alpha value is -1.98. The van der Waals surface area contributed by atoms with Crippen LogP contribution in [0.5, 0.6) is 0 Å². The number of hydrogen-bond donors (Lipinski definition) is 1. The fourth-order valence-electron chi connectivity index (χ4n) is 3.84. The predicted octanol–water partition coefficient (Wildman–Crippen LogP) is 2.36. The maximum Gasteiger partial charge on any atom is 0.225 e. The number of nitrogens with zero attached hydrogens (tertiary/aromatic N) is 3. The smallest absolute Gasteiger partial charge is 0.225 e. The summed E-state index contributed by atoms with van der Waals surface area (Å²) in [5, 5.41) is 2.96. The van der Waals surface area contributed by atoms with Gasteiger partial charge in [-0.1, -0.05) is 25.7 Å². The molecule has 1 aromatic heterocycles. The first-order chi connectivity index (χ1) is 12.1. The molecule has 1 N–H and O–H groups in total. The highest BCUT2D eigenvalue weighted by atomic mass is 16.2. The second-order valence-electron chi connectivity index (χ2n) is 7.29. The van der Waals surface area contributed by atoms with E-state index in [1.54, 1.807) is 12.4 Å². The number of aryl methyl sites for hydroxylation is 1. The Bertz CT molecular complexity index is 594. The Morgan fingerprint density at radius 3 is 2.60 bits per heavy atom. The second-order valence-corrected chi connectivity index (χ2v) is 7.29. The number of piperidine rings is 1. The van der Waals surface area contributed by atoms with Gasteiger partial charge in [-0.25, -0.2) is 0 Å². The number of hydrogen-bond acceptors (Lipinski definition) is 4. The molecule has 6 nitrogen and oxygen atoms in total. The van der Waals surface area contributed by atoms with Crippen LogP contribution in [0.25, 0.3) is 0 Å². The summed E-state index contributed by atoms with van der Waals surface area (Å²) in [6.45, 7) is 2.84. The summed E-state index contributed by atoms with van der Waals surface area (Å²) < 4.78 is 0. The Kier molecular flexibility index (Phi) is 6.00. The van der Waals surface area contributed by atoms with Crippen molar-refractivity contribution in [2.24, 2.45) is 5.92 Å². The third kappa shape index (κ3) is 4.77. The van der Waals surface area contributed by atoms with Gasteiger partial charge in [-0.2, -0.15) is 0 Å². The van der Waals surface area contributed by atoms with Crippen LogP contribution in [-0.2, 0) is 16.1 Å². The minimum Gasteiger partial charge on any atom is -0.350 e. The van der Waals surface area contributed by atoms with Gasteiger partial charge in [0.25, 0.3) is 0 Å². The van der Waals surface area contributed by atoms with E-state index in [1.807, 2.05) is 11.8 Å². The van der Waals surface area contributed by atoms with Gasteiger partial charge in [0.15, 0.2) is 0 Å². The van der Waals surface area contributed by atoms with Gasteiger partial charge in [-0.3, -0.25) is 19.6 Å². The van der Waals surface area contributed by atoms with Crippen LogP contribution in [0.3, 0.4) is 0 Å². The van der Waals surface area contributed by atoms with Crippen molar-refractivity contribution in [3.05, 3.63) is 23.8 Å². The maximum atomic E-state index is 12.5. The number of amides is 2. The summed E-state index contributed by atoms with van der Waals surface area (Å²) in [6.07, 6.45) is 11.6. The summed E-state index contributed by atoms with van der Waals surface area (Å²) in [5.41, 5.74) is 1.62. The summed E-state index contributed by atoms with van der Waals surface area (Å²) in [4.78, 5) is 35.4. The lowest BCUT2D eigenvalue weighted by atomic mass is 9.93. The molecule has 25 heavy (non-hydrogen) atoms. The van der Waals surface area contributed by atoms with Crippen molar-refractivity contribution >= 4 is 11.8 Å². The lowest BCUT2D eigenvalue weighted by Crippen LogP contribution is -2.49. The van der Waals surface area contributed by atoms with Crippen molar-refractivity contribution in [2.75, 3.05) is 6.54 Å². The molecule has 1 aromatic rings. The molecular weight excluding hydrogens is 316 g/mol. The maximum absolute atomic E-state index is 12.5. The summed E-state index contributed by atoms with van der Waals surface area (Å²) in [7, 11) is 0. The molecule has 2 heterocycles. The Balaban J connectivity index is 1.55. The number of nitrogens with one attached hydrogen (secondary N) is 1. The molecule has 2 fully saturated rings. The van der Waals surface area contributed by atoms with E-state index in [0.717, 1.165) is 24.2 Å². The number of rotatable bonds is 4. The first-order valence-electron chi connectivity index (χ1n) is 9.48. The first-order valence-corrected chi connectivity index (χ1v) is 9.48. The second kappa shape index (κ2) is 8.41. The number of aromatic nitrogens is 2. The zero-order valence-electron chi connectivity index (χ0n) is 15.0. The fraction of sp³-hybridized carbons (Fsp3) is 0.684. The molecule has 1 saturated heterocycles. The molecule has 1 aliphatic heterocycles. The third-order valence-electron chi connectivity index (χ3n) is 5.36. The van der Waals surface area contributed by atoms with Crippen LogP contribution in [0.4, 0.5) is 0 Å². The molecular formula is C19H28N4O2. The summed E-state index contributed by atoms with van der Waals surface area (Å²) in [6, 6.07) is 0.327. The molecule has 0 spiro atoms. The van der Waals surface area contributed by atoms with Crippen molar-refractivity contribution in [3.63, 3.8) is 0 Å². The van der Waals surface area contributed by atoms with Crippen LogP contribution in [0, 0.1) is 12.8 Å². The topological polar surface area (TPSA) is 75.2 Å². The normalized spacial score (nSPS) is 22.5. The highest BCUT2D eigenvalue weighted by molar-refractivity contribution is 5.84. The van der Waals surface area contributed by atoms with Crippen LogP contribution >= 0.6 is 0 Å². The van der Waals surface area contributed by atoms with Crippen LogP contribution in [0.15, 0.2) is 12.4 Å². The van der Waals surface area contributed by atoms with Gasteiger partial charge in [0.05, 0.1) is 30.0 Å². The molecule has 6 heteroatoms. The van der Waals surface area contributed by atoms with Crippen molar-refractivity contribution < 1.29 is 9.59 Å². The lowest BCUT2D eigenvalue weighted by molar-refractivity contribution is -0.141. The zero-order valence-corrected chi connectivity index (χ0v) is 15.0. The molecule has 2 amide bonds. The van der Waals surface area contributed by atoms with Gasteiger partial charge in [-0.15, -0.1) is 0 Å². The molecule has 0 unspecified atom stereocenters. The van der Waals surface area contributed by atoms with E-state index in [9.17, 15) is 9.59 Å². The molecule has 1 saturated carbocycles. The third-order valence-corrected chi connectivity index (χ3v) is 5.36. The first kappa shape index (κ1) is 17.8.